The molecule has 0 unspecified atom stereocenters. The highest BCUT2D eigenvalue weighted by Gasteiger charge is 2.05. The second-order valence-corrected chi connectivity index (χ2v) is 5.70. The van der Waals surface area contributed by atoms with Crippen molar-refractivity contribution in [3.05, 3.63) is 48.0 Å². The molecule has 1 N–H and O–H groups in total. The fourth-order valence-electron chi connectivity index (χ4n) is 2.10. The van der Waals surface area contributed by atoms with Crippen LogP contribution in [0.4, 0.5) is 0 Å². The zero-order chi connectivity index (χ0) is 17.2. The number of halogens is 2. The standard InChI is InChI=1S/C17H24ClN5O.HI/c1-3-20-17(21-9-11-23-10-8-19-14-23)22(2)12-13-24-16-6-4-15(18)5-7-16;/h4-8,10,14H,3,9,11-13H2,1-2H3,(H,20,21);1H. The summed E-state index contributed by atoms with van der Waals surface area (Å²) in [4.78, 5) is 10.7. The van der Waals surface area contributed by atoms with Gasteiger partial charge in [-0.25, -0.2) is 4.98 Å². The molecular weight excluding hydrogens is 453 g/mol. The highest BCUT2D eigenvalue weighted by molar-refractivity contribution is 14.0. The monoisotopic (exact) mass is 477 g/mol. The third-order valence-electron chi connectivity index (χ3n) is 3.38. The number of nitrogens with zero attached hydrogens (tertiary/aromatic N) is 4. The minimum absolute atomic E-state index is 0. The van der Waals surface area contributed by atoms with Crippen LogP contribution in [0.5, 0.6) is 5.75 Å². The Morgan fingerprint density at radius 1 is 1.36 bits per heavy atom. The van der Waals surface area contributed by atoms with Crippen molar-refractivity contribution in [2.75, 3.05) is 33.3 Å². The van der Waals surface area contributed by atoms with Gasteiger partial charge in [-0.3, -0.25) is 4.99 Å². The highest BCUT2D eigenvalue weighted by atomic mass is 127. The van der Waals surface area contributed by atoms with Crippen molar-refractivity contribution >= 4 is 41.5 Å². The molecule has 8 heteroatoms. The van der Waals surface area contributed by atoms with Crippen LogP contribution < -0.4 is 10.1 Å². The number of rotatable bonds is 8. The lowest BCUT2D eigenvalue weighted by atomic mass is 10.3. The minimum atomic E-state index is 0. The Bertz CT molecular complexity index is 618. The van der Waals surface area contributed by atoms with E-state index in [1.54, 1.807) is 12.5 Å². The SMILES string of the molecule is CCNC(=NCCn1ccnc1)N(C)CCOc1ccc(Cl)cc1.I. The summed E-state index contributed by atoms with van der Waals surface area (Å²) in [6.45, 7) is 5.70. The lowest BCUT2D eigenvalue weighted by Gasteiger charge is -2.22. The van der Waals surface area contributed by atoms with Crippen molar-refractivity contribution in [3.63, 3.8) is 0 Å². The van der Waals surface area contributed by atoms with Gasteiger partial charge in [0.25, 0.3) is 0 Å². The Balaban J connectivity index is 0.00000312. The summed E-state index contributed by atoms with van der Waals surface area (Å²) < 4.78 is 7.74. The average Bonchev–Trinajstić information content (AvgIpc) is 3.09. The van der Waals surface area contributed by atoms with Crippen molar-refractivity contribution in [1.29, 1.82) is 0 Å². The van der Waals surface area contributed by atoms with E-state index in [9.17, 15) is 0 Å². The zero-order valence-electron chi connectivity index (χ0n) is 14.6. The van der Waals surface area contributed by atoms with Crippen LogP contribution in [0.2, 0.25) is 5.02 Å². The molecule has 0 fully saturated rings. The molecule has 0 radical (unpaired) electrons. The molecule has 0 spiro atoms. The van der Waals surface area contributed by atoms with E-state index < -0.39 is 0 Å². The normalized spacial score (nSPS) is 10.9. The largest absolute Gasteiger partial charge is 0.492 e. The van der Waals surface area contributed by atoms with Gasteiger partial charge in [0.05, 0.1) is 19.4 Å². The second-order valence-electron chi connectivity index (χ2n) is 5.26. The van der Waals surface area contributed by atoms with Gasteiger partial charge in [-0.05, 0) is 31.2 Å². The van der Waals surface area contributed by atoms with Crippen molar-refractivity contribution in [2.45, 2.75) is 13.5 Å². The van der Waals surface area contributed by atoms with Gasteiger partial charge in [-0.2, -0.15) is 0 Å². The van der Waals surface area contributed by atoms with Crippen molar-refractivity contribution < 1.29 is 4.74 Å². The fraction of sp³-hybridized carbons (Fsp3) is 0.412. The molecule has 2 rings (SSSR count). The summed E-state index contributed by atoms with van der Waals surface area (Å²) in [5.74, 6) is 1.69. The first kappa shape index (κ1) is 21.6. The van der Waals surface area contributed by atoms with Crippen molar-refractivity contribution in [1.82, 2.24) is 19.8 Å². The van der Waals surface area contributed by atoms with Crippen LogP contribution in [0.3, 0.4) is 0 Å². The fourth-order valence-corrected chi connectivity index (χ4v) is 2.22. The van der Waals surface area contributed by atoms with Gasteiger partial charge in [-0.1, -0.05) is 11.6 Å². The maximum Gasteiger partial charge on any atom is 0.193 e. The summed E-state index contributed by atoms with van der Waals surface area (Å²) in [7, 11) is 2.00. The summed E-state index contributed by atoms with van der Waals surface area (Å²) >= 11 is 5.86. The summed E-state index contributed by atoms with van der Waals surface area (Å²) in [5, 5.41) is 4.00. The molecule has 0 aliphatic heterocycles. The average molecular weight is 478 g/mol. The van der Waals surface area contributed by atoms with E-state index in [0.29, 0.717) is 18.2 Å². The quantitative estimate of drug-likeness (QED) is 0.361. The van der Waals surface area contributed by atoms with Gasteiger partial charge >= 0.3 is 0 Å². The Kier molecular flexibility index (Phi) is 10.3. The lowest BCUT2D eigenvalue weighted by Crippen LogP contribution is -2.41. The van der Waals surface area contributed by atoms with Gasteiger partial charge in [0.15, 0.2) is 5.96 Å². The third kappa shape index (κ3) is 7.96. The molecule has 0 amide bonds. The number of benzene rings is 1. The van der Waals surface area contributed by atoms with Crippen LogP contribution in [0, 0.1) is 0 Å². The maximum atomic E-state index is 5.86. The molecule has 0 saturated heterocycles. The van der Waals surface area contributed by atoms with Crippen LogP contribution in [0.25, 0.3) is 0 Å². The zero-order valence-corrected chi connectivity index (χ0v) is 17.6. The van der Waals surface area contributed by atoms with Crippen LogP contribution >= 0.6 is 35.6 Å². The molecule has 1 heterocycles. The van der Waals surface area contributed by atoms with E-state index in [0.717, 1.165) is 31.3 Å². The molecule has 138 valence electrons. The third-order valence-corrected chi connectivity index (χ3v) is 3.64. The Morgan fingerprint density at radius 2 is 2.12 bits per heavy atom. The molecule has 2 aromatic rings. The van der Waals surface area contributed by atoms with Crippen molar-refractivity contribution in [2.24, 2.45) is 4.99 Å². The van der Waals surface area contributed by atoms with Crippen LogP contribution in [-0.4, -0.2) is 53.7 Å². The molecule has 0 aliphatic carbocycles. The van der Waals surface area contributed by atoms with Gasteiger partial charge < -0.3 is 19.5 Å². The van der Waals surface area contributed by atoms with Crippen LogP contribution in [0.1, 0.15) is 6.92 Å². The first-order valence-corrected chi connectivity index (χ1v) is 8.40. The Hall–Kier alpha value is -1.48. The number of hydrogen-bond acceptors (Lipinski definition) is 3. The van der Waals surface area contributed by atoms with E-state index in [1.807, 2.05) is 42.1 Å². The summed E-state index contributed by atoms with van der Waals surface area (Å²) in [6, 6.07) is 7.38. The first-order chi connectivity index (χ1) is 11.7. The predicted molar refractivity (Wildman–Crippen MR) is 113 cm³/mol. The van der Waals surface area contributed by atoms with Gasteiger partial charge in [0.1, 0.15) is 12.4 Å². The molecule has 6 nitrogen and oxygen atoms in total. The number of guanidine groups is 1. The number of ether oxygens (including phenoxy) is 1. The van der Waals surface area contributed by atoms with E-state index in [-0.39, 0.29) is 24.0 Å². The first-order valence-electron chi connectivity index (χ1n) is 8.02. The molecule has 1 aromatic heterocycles. The number of likely N-dealkylation sites (N-methyl/N-ethyl adjacent to an activating group) is 1. The van der Waals surface area contributed by atoms with Crippen LogP contribution in [-0.2, 0) is 6.54 Å². The summed E-state index contributed by atoms with van der Waals surface area (Å²) in [6.07, 6.45) is 5.51. The van der Waals surface area contributed by atoms with Crippen LogP contribution in [0.15, 0.2) is 48.0 Å². The maximum absolute atomic E-state index is 5.86. The molecule has 1 aromatic carbocycles. The second kappa shape index (κ2) is 12.0. The van der Waals surface area contributed by atoms with Gasteiger partial charge in [0.2, 0.25) is 0 Å². The molecule has 25 heavy (non-hydrogen) atoms. The topological polar surface area (TPSA) is 54.7 Å². The summed E-state index contributed by atoms with van der Waals surface area (Å²) in [5.41, 5.74) is 0. The van der Waals surface area contributed by atoms with E-state index in [2.05, 4.69) is 27.1 Å². The molecule has 0 bridgehead atoms. The smallest absolute Gasteiger partial charge is 0.193 e. The number of aliphatic imine (C=N–C) groups is 1. The van der Waals surface area contributed by atoms with Gasteiger partial charge in [-0.15, -0.1) is 24.0 Å². The molecule has 0 saturated carbocycles. The van der Waals surface area contributed by atoms with E-state index in [4.69, 9.17) is 16.3 Å². The molecular formula is C17H25ClIN5O. The number of nitrogens with one attached hydrogen (secondary N) is 1. The van der Waals surface area contributed by atoms with E-state index in [1.165, 1.54) is 0 Å². The number of hydrogen-bond donors (Lipinski definition) is 1. The Morgan fingerprint density at radius 3 is 2.76 bits per heavy atom. The molecule has 0 atom stereocenters. The van der Waals surface area contributed by atoms with Crippen molar-refractivity contribution in [3.8, 4) is 5.75 Å². The van der Waals surface area contributed by atoms with Gasteiger partial charge in [0, 0.05) is 37.6 Å². The Labute approximate surface area is 171 Å². The predicted octanol–water partition coefficient (Wildman–Crippen LogP) is 3.13. The highest BCUT2D eigenvalue weighted by Crippen LogP contribution is 2.15. The minimum Gasteiger partial charge on any atom is -0.492 e. The number of imidazole rings is 1. The molecule has 0 aliphatic rings. The lowest BCUT2D eigenvalue weighted by molar-refractivity contribution is 0.281. The number of aromatic nitrogens is 2. The van der Waals surface area contributed by atoms with E-state index >= 15 is 0 Å².